The standard InChI is InChI=1S/C21H21N3O4S/c1-29(27,28)19-7-3-6-16-20(19)18(25)13-17(21(16)26)23-14-4-2-5-15(12-14)24-10-8-22-9-11-24/h2-7,12-13,22-23H,8-11H2,1H3. The first kappa shape index (κ1) is 19.4. The van der Waals surface area contributed by atoms with Gasteiger partial charge in [-0.25, -0.2) is 8.42 Å². The zero-order valence-electron chi connectivity index (χ0n) is 15.9. The molecule has 1 aliphatic carbocycles. The second-order valence-electron chi connectivity index (χ2n) is 7.11. The maximum Gasteiger partial charge on any atom is 0.210 e. The third-order valence-electron chi connectivity index (χ3n) is 5.04. The van der Waals surface area contributed by atoms with Gasteiger partial charge < -0.3 is 15.5 Å². The van der Waals surface area contributed by atoms with Gasteiger partial charge in [0.25, 0.3) is 0 Å². The summed E-state index contributed by atoms with van der Waals surface area (Å²) in [6.45, 7) is 3.61. The number of nitrogens with one attached hydrogen (secondary N) is 2. The van der Waals surface area contributed by atoms with Crippen molar-refractivity contribution in [3.63, 3.8) is 0 Å². The third-order valence-corrected chi connectivity index (χ3v) is 6.18. The molecule has 2 N–H and O–H groups in total. The molecule has 0 atom stereocenters. The van der Waals surface area contributed by atoms with Gasteiger partial charge in [0.05, 0.1) is 16.2 Å². The summed E-state index contributed by atoms with van der Waals surface area (Å²) in [6.07, 6.45) is 2.20. The van der Waals surface area contributed by atoms with E-state index >= 15 is 0 Å². The molecule has 1 fully saturated rings. The molecule has 0 saturated carbocycles. The highest BCUT2D eigenvalue weighted by Crippen LogP contribution is 2.29. The summed E-state index contributed by atoms with van der Waals surface area (Å²) in [6, 6.07) is 12.0. The van der Waals surface area contributed by atoms with Crippen molar-refractivity contribution >= 4 is 32.8 Å². The molecule has 2 aliphatic rings. The number of nitrogens with zero attached hydrogens (tertiary/aromatic N) is 1. The summed E-state index contributed by atoms with van der Waals surface area (Å²) in [5.74, 6) is -0.904. The van der Waals surface area contributed by atoms with Crippen LogP contribution in [0.5, 0.6) is 0 Å². The van der Waals surface area contributed by atoms with Gasteiger partial charge in [0, 0.05) is 55.4 Å². The third kappa shape index (κ3) is 3.81. The van der Waals surface area contributed by atoms with E-state index in [0.717, 1.165) is 38.1 Å². The Morgan fingerprint density at radius 3 is 2.48 bits per heavy atom. The normalized spacial score (nSPS) is 17.0. The van der Waals surface area contributed by atoms with E-state index in [1.165, 1.54) is 24.3 Å². The lowest BCUT2D eigenvalue weighted by atomic mass is 9.92. The molecule has 1 heterocycles. The van der Waals surface area contributed by atoms with Gasteiger partial charge in [-0.05, 0) is 24.3 Å². The van der Waals surface area contributed by atoms with Gasteiger partial charge in [0.2, 0.25) is 5.78 Å². The van der Waals surface area contributed by atoms with E-state index < -0.39 is 21.4 Å². The number of piperazine rings is 1. The van der Waals surface area contributed by atoms with E-state index in [0.29, 0.717) is 5.69 Å². The molecule has 2 aromatic rings. The lowest BCUT2D eigenvalue weighted by Gasteiger charge is -2.29. The molecule has 1 saturated heterocycles. The fourth-order valence-corrected chi connectivity index (χ4v) is 4.56. The van der Waals surface area contributed by atoms with Gasteiger partial charge in [0.1, 0.15) is 0 Å². The summed E-state index contributed by atoms with van der Waals surface area (Å²) in [5, 5.41) is 6.35. The van der Waals surface area contributed by atoms with Crippen LogP contribution < -0.4 is 15.5 Å². The molecule has 7 nitrogen and oxygen atoms in total. The monoisotopic (exact) mass is 411 g/mol. The molecule has 29 heavy (non-hydrogen) atoms. The predicted molar refractivity (Wildman–Crippen MR) is 111 cm³/mol. The van der Waals surface area contributed by atoms with Gasteiger partial charge in [-0.1, -0.05) is 18.2 Å². The molecule has 0 aromatic heterocycles. The summed E-state index contributed by atoms with van der Waals surface area (Å²) >= 11 is 0. The second kappa shape index (κ2) is 7.46. The van der Waals surface area contributed by atoms with Crippen molar-refractivity contribution in [1.82, 2.24) is 5.32 Å². The molecule has 4 rings (SSSR count). The first-order valence-corrected chi connectivity index (χ1v) is 11.2. The van der Waals surface area contributed by atoms with E-state index in [4.69, 9.17) is 0 Å². The minimum atomic E-state index is -3.63. The van der Waals surface area contributed by atoms with Gasteiger partial charge in [-0.15, -0.1) is 0 Å². The van der Waals surface area contributed by atoms with Crippen LogP contribution in [-0.2, 0) is 9.84 Å². The number of rotatable bonds is 4. The highest BCUT2D eigenvalue weighted by molar-refractivity contribution is 7.90. The van der Waals surface area contributed by atoms with Crippen molar-refractivity contribution in [1.29, 1.82) is 0 Å². The minimum Gasteiger partial charge on any atom is -0.369 e. The van der Waals surface area contributed by atoms with Crippen LogP contribution in [0, 0.1) is 0 Å². The van der Waals surface area contributed by atoms with Crippen LogP contribution in [0.15, 0.2) is 59.1 Å². The Balaban J connectivity index is 1.64. The van der Waals surface area contributed by atoms with Gasteiger partial charge in [0.15, 0.2) is 15.6 Å². The molecule has 150 valence electrons. The number of Topliss-reactive ketones (excluding diaryl/α,β-unsaturated/α-hetero) is 1. The van der Waals surface area contributed by atoms with Gasteiger partial charge in [-0.2, -0.15) is 0 Å². The number of ketones is 2. The average molecular weight is 411 g/mol. The summed E-state index contributed by atoms with van der Waals surface area (Å²) in [4.78, 5) is 27.7. The first-order chi connectivity index (χ1) is 13.8. The topological polar surface area (TPSA) is 95.6 Å². The van der Waals surface area contributed by atoms with Crippen LogP contribution in [-0.4, -0.2) is 52.4 Å². The van der Waals surface area contributed by atoms with Crippen LogP contribution in [0.2, 0.25) is 0 Å². The smallest absolute Gasteiger partial charge is 0.210 e. The maximum atomic E-state index is 12.9. The van der Waals surface area contributed by atoms with Gasteiger partial charge in [-0.3, -0.25) is 9.59 Å². The Hall–Kier alpha value is -2.97. The molecule has 1 aliphatic heterocycles. The molecule has 0 unspecified atom stereocenters. The molecule has 0 bridgehead atoms. The van der Waals surface area contributed by atoms with Gasteiger partial charge >= 0.3 is 0 Å². The van der Waals surface area contributed by atoms with Crippen LogP contribution >= 0.6 is 0 Å². The van der Waals surface area contributed by atoms with Crippen molar-refractivity contribution in [3.05, 3.63) is 65.4 Å². The predicted octanol–water partition coefficient (Wildman–Crippen LogP) is 1.87. The second-order valence-corrected chi connectivity index (χ2v) is 9.10. The van der Waals surface area contributed by atoms with Crippen LogP contribution in [0.1, 0.15) is 20.7 Å². The number of sulfone groups is 1. The highest BCUT2D eigenvalue weighted by Gasteiger charge is 2.30. The summed E-state index contributed by atoms with van der Waals surface area (Å²) < 4.78 is 24.0. The van der Waals surface area contributed by atoms with Crippen LogP contribution in [0.4, 0.5) is 11.4 Å². The van der Waals surface area contributed by atoms with Crippen LogP contribution in [0.25, 0.3) is 0 Å². The molecule has 2 aromatic carbocycles. The summed E-state index contributed by atoms with van der Waals surface area (Å²) in [7, 11) is -3.63. The average Bonchev–Trinajstić information content (AvgIpc) is 2.71. The van der Waals surface area contributed by atoms with Crippen molar-refractivity contribution in [3.8, 4) is 0 Å². The number of hydrogen-bond acceptors (Lipinski definition) is 7. The lowest BCUT2D eigenvalue weighted by molar-refractivity contribution is 0.0983. The van der Waals surface area contributed by atoms with E-state index in [1.54, 1.807) is 0 Å². The van der Waals surface area contributed by atoms with Crippen molar-refractivity contribution in [2.45, 2.75) is 4.90 Å². The number of hydrogen-bond donors (Lipinski definition) is 2. The molecule has 0 radical (unpaired) electrons. The Morgan fingerprint density at radius 2 is 1.76 bits per heavy atom. The molecular weight excluding hydrogens is 390 g/mol. The fraction of sp³-hybridized carbons (Fsp3) is 0.238. The molecule has 0 spiro atoms. The van der Waals surface area contributed by atoms with E-state index in [1.807, 2.05) is 24.3 Å². The quantitative estimate of drug-likeness (QED) is 0.793. The number of fused-ring (bicyclic) bond motifs is 1. The van der Waals surface area contributed by atoms with Crippen LogP contribution in [0.3, 0.4) is 0 Å². The number of anilines is 2. The number of allylic oxidation sites excluding steroid dienone is 2. The first-order valence-electron chi connectivity index (χ1n) is 9.31. The number of carbonyl (C=O) groups excluding carboxylic acids is 2. The number of carbonyl (C=O) groups is 2. The SMILES string of the molecule is CS(=O)(=O)c1cccc2c1C(=O)C=C(Nc1cccc(N3CCNCC3)c1)C2=O. The molecular formula is C21H21N3O4S. The van der Waals surface area contributed by atoms with E-state index in [9.17, 15) is 18.0 Å². The lowest BCUT2D eigenvalue weighted by Crippen LogP contribution is -2.43. The Morgan fingerprint density at radius 1 is 1.03 bits per heavy atom. The minimum absolute atomic E-state index is 0.0554. The highest BCUT2D eigenvalue weighted by atomic mass is 32.2. The largest absolute Gasteiger partial charge is 0.369 e. The zero-order valence-corrected chi connectivity index (χ0v) is 16.8. The van der Waals surface area contributed by atoms with E-state index in [-0.39, 0.29) is 21.7 Å². The fourth-order valence-electron chi connectivity index (χ4n) is 3.65. The van der Waals surface area contributed by atoms with Crippen molar-refractivity contribution in [2.24, 2.45) is 0 Å². The van der Waals surface area contributed by atoms with Crippen molar-refractivity contribution in [2.75, 3.05) is 42.7 Å². The van der Waals surface area contributed by atoms with E-state index in [2.05, 4.69) is 15.5 Å². The molecule has 8 heteroatoms. The summed E-state index contributed by atoms with van der Waals surface area (Å²) in [5.41, 5.74) is 1.90. The number of benzene rings is 2. The Kier molecular flexibility index (Phi) is 4.97. The molecule has 0 amide bonds. The maximum absolute atomic E-state index is 12.9. The Labute approximate surface area is 169 Å². The Bertz CT molecular complexity index is 1130. The van der Waals surface area contributed by atoms with Crippen molar-refractivity contribution < 1.29 is 18.0 Å². The zero-order chi connectivity index (χ0) is 20.6.